The van der Waals surface area contributed by atoms with Gasteiger partial charge in [-0.25, -0.2) is 0 Å². The number of hydrazine groups is 1. The minimum atomic E-state index is -0.456. The van der Waals surface area contributed by atoms with Crippen LogP contribution in [-0.4, -0.2) is 22.8 Å². The summed E-state index contributed by atoms with van der Waals surface area (Å²) in [6.07, 6.45) is 2.99. The van der Waals surface area contributed by atoms with Gasteiger partial charge in [0.15, 0.2) is 5.11 Å². The largest absolute Gasteiger partial charge is 0.322 e. The Bertz CT molecular complexity index is 1130. The van der Waals surface area contributed by atoms with Crippen molar-refractivity contribution in [3.8, 4) is 0 Å². The van der Waals surface area contributed by atoms with Gasteiger partial charge in [-0.2, -0.15) is 0 Å². The Morgan fingerprint density at radius 2 is 1.28 bits per heavy atom. The third-order valence-electron chi connectivity index (χ3n) is 4.19. The van der Waals surface area contributed by atoms with Crippen LogP contribution in [0.15, 0.2) is 91.0 Å². The van der Waals surface area contributed by atoms with Gasteiger partial charge in [0.2, 0.25) is 5.91 Å². The normalized spacial score (nSPS) is 10.2. The zero-order chi connectivity index (χ0) is 22.8. The number of carbonyl (C=O) groups excluding carboxylic acids is 3. The third-order valence-corrected chi connectivity index (χ3v) is 4.40. The Morgan fingerprint density at radius 3 is 1.94 bits per heavy atom. The minimum Gasteiger partial charge on any atom is -0.322 e. The second kappa shape index (κ2) is 11.2. The topological polar surface area (TPSA) is 99.3 Å². The fourth-order valence-corrected chi connectivity index (χ4v) is 2.76. The molecule has 160 valence electrons. The number of rotatable bonds is 5. The van der Waals surface area contributed by atoms with Gasteiger partial charge in [-0.1, -0.05) is 48.5 Å². The number of amides is 3. The zero-order valence-electron chi connectivity index (χ0n) is 16.9. The summed E-state index contributed by atoms with van der Waals surface area (Å²) in [4.78, 5) is 36.3. The van der Waals surface area contributed by atoms with Crippen LogP contribution in [0.3, 0.4) is 0 Å². The molecule has 0 radical (unpaired) electrons. The van der Waals surface area contributed by atoms with E-state index in [-0.39, 0.29) is 11.0 Å². The summed E-state index contributed by atoms with van der Waals surface area (Å²) in [6, 6.07) is 24.5. The van der Waals surface area contributed by atoms with Crippen molar-refractivity contribution in [2.75, 3.05) is 5.32 Å². The molecular formula is C24H20N4O3S. The fraction of sp³-hybridized carbons (Fsp3) is 0. The van der Waals surface area contributed by atoms with E-state index in [0.717, 1.165) is 5.56 Å². The Balaban J connectivity index is 1.45. The molecule has 0 atom stereocenters. The van der Waals surface area contributed by atoms with E-state index in [0.29, 0.717) is 16.8 Å². The highest BCUT2D eigenvalue weighted by molar-refractivity contribution is 7.80. The smallest absolute Gasteiger partial charge is 0.269 e. The maximum absolute atomic E-state index is 12.3. The standard InChI is InChI=1S/C24H20N4O3S/c29-21(16-11-17-7-3-1-4-8-17)26-24(32)28-27-23(31)19-12-14-20(15-13-19)25-22(30)18-9-5-2-6-10-18/h1-16H,(H,25,30)(H,27,31)(H2,26,28,29,32). The van der Waals surface area contributed by atoms with Gasteiger partial charge in [0.05, 0.1) is 0 Å². The second-order valence-corrected chi connectivity index (χ2v) is 6.95. The maximum atomic E-state index is 12.3. The number of hydrogen-bond donors (Lipinski definition) is 4. The molecule has 0 aliphatic carbocycles. The fourth-order valence-electron chi connectivity index (χ4n) is 2.60. The molecule has 0 bridgehead atoms. The molecule has 4 N–H and O–H groups in total. The van der Waals surface area contributed by atoms with Gasteiger partial charge in [-0.15, -0.1) is 0 Å². The van der Waals surface area contributed by atoms with Crippen LogP contribution in [0.4, 0.5) is 5.69 Å². The minimum absolute atomic E-state index is 0.0483. The van der Waals surface area contributed by atoms with Gasteiger partial charge >= 0.3 is 0 Å². The Labute approximate surface area is 190 Å². The Morgan fingerprint density at radius 1 is 0.688 bits per heavy atom. The van der Waals surface area contributed by atoms with Gasteiger partial charge in [-0.3, -0.25) is 30.6 Å². The molecule has 3 aromatic carbocycles. The van der Waals surface area contributed by atoms with E-state index in [1.54, 1.807) is 54.6 Å². The summed E-state index contributed by atoms with van der Waals surface area (Å²) in [5.41, 5.74) is 7.18. The van der Waals surface area contributed by atoms with E-state index in [2.05, 4.69) is 21.5 Å². The summed E-state index contributed by atoms with van der Waals surface area (Å²) in [5.74, 6) is -1.13. The lowest BCUT2D eigenvalue weighted by atomic mass is 10.2. The molecule has 3 aromatic rings. The molecule has 0 saturated carbocycles. The molecule has 0 aliphatic heterocycles. The number of carbonyl (C=O) groups is 3. The molecule has 0 spiro atoms. The molecule has 32 heavy (non-hydrogen) atoms. The number of thiocarbonyl (C=S) groups is 1. The first kappa shape index (κ1) is 22.4. The monoisotopic (exact) mass is 444 g/mol. The molecule has 3 amide bonds. The van der Waals surface area contributed by atoms with Crippen LogP contribution in [-0.2, 0) is 4.79 Å². The lowest BCUT2D eigenvalue weighted by molar-refractivity contribution is -0.115. The lowest BCUT2D eigenvalue weighted by Crippen LogP contribution is -2.48. The van der Waals surface area contributed by atoms with E-state index in [9.17, 15) is 14.4 Å². The first-order valence-corrected chi connectivity index (χ1v) is 10.0. The average Bonchev–Trinajstić information content (AvgIpc) is 2.83. The Hall–Kier alpha value is -4.30. The number of benzene rings is 3. The number of hydrogen-bond acceptors (Lipinski definition) is 4. The summed E-state index contributed by atoms with van der Waals surface area (Å²) < 4.78 is 0. The molecular weight excluding hydrogens is 424 g/mol. The van der Waals surface area contributed by atoms with Gasteiger partial charge < -0.3 is 5.32 Å². The highest BCUT2D eigenvalue weighted by atomic mass is 32.1. The maximum Gasteiger partial charge on any atom is 0.269 e. The van der Waals surface area contributed by atoms with Crippen molar-refractivity contribution in [3.63, 3.8) is 0 Å². The van der Waals surface area contributed by atoms with Crippen molar-refractivity contribution < 1.29 is 14.4 Å². The highest BCUT2D eigenvalue weighted by Crippen LogP contribution is 2.11. The first-order valence-electron chi connectivity index (χ1n) is 9.62. The SMILES string of the molecule is O=C(C=Cc1ccccc1)NC(=S)NNC(=O)c1ccc(NC(=O)c2ccccc2)cc1. The van der Waals surface area contributed by atoms with E-state index in [1.807, 2.05) is 36.4 Å². The van der Waals surface area contributed by atoms with E-state index in [4.69, 9.17) is 12.2 Å². The summed E-state index contributed by atoms with van der Waals surface area (Å²) in [5, 5.41) is 5.15. The lowest BCUT2D eigenvalue weighted by Gasteiger charge is -2.10. The molecule has 0 saturated heterocycles. The third kappa shape index (κ3) is 6.89. The predicted molar refractivity (Wildman–Crippen MR) is 128 cm³/mol. The van der Waals surface area contributed by atoms with Crippen LogP contribution in [0.5, 0.6) is 0 Å². The van der Waals surface area contributed by atoms with Crippen molar-refractivity contribution in [3.05, 3.63) is 108 Å². The van der Waals surface area contributed by atoms with E-state index in [1.165, 1.54) is 6.08 Å². The van der Waals surface area contributed by atoms with Crippen LogP contribution in [0, 0.1) is 0 Å². The van der Waals surface area contributed by atoms with E-state index < -0.39 is 11.8 Å². The van der Waals surface area contributed by atoms with Crippen LogP contribution in [0.25, 0.3) is 6.08 Å². The molecule has 8 heteroatoms. The summed E-state index contributed by atoms with van der Waals surface area (Å²) >= 11 is 5.01. The van der Waals surface area contributed by atoms with Crippen molar-refractivity contribution in [2.24, 2.45) is 0 Å². The van der Waals surface area contributed by atoms with Crippen LogP contribution in [0.1, 0.15) is 26.3 Å². The summed E-state index contributed by atoms with van der Waals surface area (Å²) in [6.45, 7) is 0. The number of anilines is 1. The van der Waals surface area contributed by atoms with Crippen LogP contribution in [0.2, 0.25) is 0 Å². The number of nitrogens with one attached hydrogen (secondary N) is 4. The van der Waals surface area contributed by atoms with Gasteiger partial charge in [-0.05, 0) is 60.3 Å². The first-order chi connectivity index (χ1) is 15.5. The predicted octanol–water partition coefficient (Wildman–Crippen LogP) is 3.29. The second-order valence-electron chi connectivity index (χ2n) is 6.54. The molecule has 0 fully saturated rings. The zero-order valence-corrected chi connectivity index (χ0v) is 17.7. The quantitative estimate of drug-likeness (QED) is 0.275. The molecule has 0 aliphatic rings. The van der Waals surface area contributed by atoms with Gasteiger partial charge in [0, 0.05) is 22.9 Å². The highest BCUT2D eigenvalue weighted by Gasteiger charge is 2.09. The molecule has 0 aromatic heterocycles. The Kier molecular flexibility index (Phi) is 7.83. The molecule has 0 heterocycles. The van der Waals surface area contributed by atoms with Gasteiger partial charge in [0.25, 0.3) is 11.8 Å². The molecule has 0 unspecified atom stereocenters. The van der Waals surface area contributed by atoms with Crippen molar-refractivity contribution in [1.29, 1.82) is 0 Å². The van der Waals surface area contributed by atoms with Crippen molar-refractivity contribution in [1.82, 2.24) is 16.2 Å². The van der Waals surface area contributed by atoms with Crippen LogP contribution < -0.4 is 21.5 Å². The van der Waals surface area contributed by atoms with E-state index >= 15 is 0 Å². The van der Waals surface area contributed by atoms with Crippen molar-refractivity contribution in [2.45, 2.75) is 0 Å². The molecule has 7 nitrogen and oxygen atoms in total. The van der Waals surface area contributed by atoms with Gasteiger partial charge in [0.1, 0.15) is 0 Å². The van der Waals surface area contributed by atoms with Crippen molar-refractivity contribution >= 4 is 46.8 Å². The summed E-state index contributed by atoms with van der Waals surface area (Å²) in [7, 11) is 0. The van der Waals surface area contributed by atoms with Crippen LogP contribution >= 0.6 is 12.2 Å². The molecule has 3 rings (SSSR count). The average molecular weight is 445 g/mol.